The number of primary amides is 1. The zero-order valence-corrected chi connectivity index (χ0v) is 20.9. The summed E-state index contributed by atoms with van der Waals surface area (Å²) < 4.78 is 1.78. The van der Waals surface area contributed by atoms with Gasteiger partial charge in [0.1, 0.15) is 0 Å². The Morgan fingerprint density at radius 2 is 1.89 bits per heavy atom. The minimum atomic E-state index is -0.404. The lowest BCUT2D eigenvalue weighted by molar-refractivity contribution is -0.137. The summed E-state index contributed by atoms with van der Waals surface area (Å²) in [4.78, 5) is 46.2. The minimum absolute atomic E-state index is 0.00640. The highest BCUT2D eigenvalue weighted by molar-refractivity contribution is 6.31. The van der Waals surface area contributed by atoms with Gasteiger partial charge >= 0.3 is 5.69 Å². The first-order chi connectivity index (χ1) is 17.3. The van der Waals surface area contributed by atoms with Gasteiger partial charge in [0, 0.05) is 53.1 Å². The molecule has 2 unspecified atom stereocenters. The van der Waals surface area contributed by atoms with Crippen LogP contribution in [0.5, 0.6) is 0 Å². The van der Waals surface area contributed by atoms with Crippen molar-refractivity contribution >= 4 is 45.4 Å². The zero-order chi connectivity index (χ0) is 25.4. The number of rotatable bonds is 7. The second-order valence-electron chi connectivity index (χ2n) is 9.82. The first kappa shape index (κ1) is 24.2. The van der Waals surface area contributed by atoms with Crippen LogP contribution < -0.4 is 11.4 Å². The topological polar surface area (TPSA) is 117 Å². The number of nitrogens with one attached hydrogen (secondary N) is 2. The van der Waals surface area contributed by atoms with E-state index in [1.54, 1.807) is 23.6 Å². The third kappa shape index (κ3) is 4.65. The fourth-order valence-corrected chi connectivity index (χ4v) is 5.62. The van der Waals surface area contributed by atoms with Gasteiger partial charge in [-0.2, -0.15) is 0 Å². The largest absolute Gasteiger partial charge is 0.369 e. The van der Waals surface area contributed by atoms with Gasteiger partial charge in [0.2, 0.25) is 11.8 Å². The fraction of sp³-hybridized carbons (Fsp3) is 0.370. The Morgan fingerprint density at radius 1 is 1.14 bits per heavy atom. The minimum Gasteiger partial charge on any atom is -0.369 e. The number of aromatic nitrogens is 3. The molecule has 1 saturated heterocycles. The van der Waals surface area contributed by atoms with Crippen LogP contribution in [-0.4, -0.2) is 44.3 Å². The number of nitrogens with zero attached hydrogens (tertiary/aromatic N) is 2. The molecule has 0 spiro atoms. The number of hydrogen-bond acceptors (Lipinski definition) is 3. The van der Waals surface area contributed by atoms with Crippen molar-refractivity contribution in [2.24, 2.45) is 17.6 Å². The van der Waals surface area contributed by atoms with Crippen molar-refractivity contribution in [2.45, 2.75) is 38.6 Å². The average Bonchev–Trinajstić information content (AvgIpc) is 3.42. The van der Waals surface area contributed by atoms with Gasteiger partial charge in [-0.1, -0.05) is 36.7 Å². The summed E-state index contributed by atoms with van der Waals surface area (Å²) in [6.45, 7) is 2.87. The number of para-hydroxylation sites is 1. The molecule has 9 heteroatoms. The first-order valence-electron chi connectivity index (χ1n) is 12.3. The number of carbonyl (C=O) groups excluding carboxylic acids is 2. The van der Waals surface area contributed by atoms with Crippen LogP contribution >= 0.6 is 11.6 Å². The van der Waals surface area contributed by atoms with Gasteiger partial charge in [-0.05, 0) is 55.5 Å². The lowest BCUT2D eigenvalue weighted by atomic mass is 9.88. The number of likely N-dealkylation sites (tertiary alicyclic amines) is 1. The third-order valence-electron chi connectivity index (χ3n) is 7.43. The quantitative estimate of drug-likeness (QED) is 0.351. The predicted octanol–water partition coefficient (Wildman–Crippen LogP) is 4.00. The maximum Gasteiger partial charge on any atom is 0.326 e. The highest BCUT2D eigenvalue weighted by Crippen LogP contribution is 2.30. The van der Waals surface area contributed by atoms with Crippen LogP contribution in [0.25, 0.3) is 21.9 Å². The number of imidazole rings is 1. The van der Waals surface area contributed by atoms with E-state index in [9.17, 15) is 14.4 Å². The molecule has 3 heterocycles. The Kier molecular flexibility index (Phi) is 6.62. The number of nitrogens with two attached hydrogens (primary N) is 1. The van der Waals surface area contributed by atoms with Crippen molar-refractivity contribution in [2.75, 3.05) is 13.1 Å². The van der Waals surface area contributed by atoms with Gasteiger partial charge in [-0.3, -0.25) is 14.2 Å². The molecule has 1 aliphatic rings. The van der Waals surface area contributed by atoms with Crippen LogP contribution in [0.3, 0.4) is 0 Å². The van der Waals surface area contributed by atoms with Gasteiger partial charge < -0.3 is 20.6 Å². The van der Waals surface area contributed by atoms with Gasteiger partial charge in [0.15, 0.2) is 0 Å². The van der Waals surface area contributed by atoms with Crippen LogP contribution in [-0.2, 0) is 16.0 Å². The standard InChI is InChI=1S/C27H30ClN5O3/c1-16(25(29)34)12-17(13-18-15-30-22-5-3-2-4-21(18)22)26(35)32-10-8-20(9-11-32)33-24-7-6-19(28)14-23(24)31-27(33)36/h2-7,14-17,20,30H,8-13H2,1H3,(H2,29,34)(H,31,36). The molecule has 0 aliphatic carbocycles. The van der Waals surface area contributed by atoms with E-state index >= 15 is 0 Å². The van der Waals surface area contributed by atoms with Crippen molar-refractivity contribution in [3.05, 3.63) is 69.7 Å². The molecule has 4 aromatic rings. The Morgan fingerprint density at radius 3 is 2.64 bits per heavy atom. The van der Waals surface area contributed by atoms with Crippen molar-refractivity contribution in [1.82, 2.24) is 19.4 Å². The second kappa shape index (κ2) is 9.85. The molecular formula is C27H30ClN5O3. The number of halogens is 1. The van der Waals surface area contributed by atoms with Crippen molar-refractivity contribution in [3.8, 4) is 0 Å². The van der Waals surface area contributed by atoms with E-state index in [0.717, 1.165) is 22.0 Å². The van der Waals surface area contributed by atoms with E-state index < -0.39 is 11.8 Å². The van der Waals surface area contributed by atoms with E-state index in [0.29, 0.717) is 49.3 Å². The maximum atomic E-state index is 13.7. The number of fused-ring (bicyclic) bond motifs is 2. The summed E-state index contributed by atoms with van der Waals surface area (Å²) in [6.07, 6.45) is 4.22. The van der Waals surface area contributed by atoms with E-state index in [1.807, 2.05) is 41.4 Å². The molecule has 0 saturated carbocycles. The third-order valence-corrected chi connectivity index (χ3v) is 7.67. The molecule has 2 atom stereocenters. The predicted molar refractivity (Wildman–Crippen MR) is 141 cm³/mol. The molecule has 188 valence electrons. The number of H-pyrrole nitrogens is 2. The molecule has 1 aliphatic heterocycles. The molecule has 8 nitrogen and oxygen atoms in total. The Labute approximate surface area is 213 Å². The molecule has 5 rings (SSSR count). The van der Waals surface area contributed by atoms with Crippen molar-refractivity contribution in [3.63, 3.8) is 0 Å². The number of carbonyl (C=O) groups is 2. The van der Waals surface area contributed by atoms with E-state index in [4.69, 9.17) is 17.3 Å². The van der Waals surface area contributed by atoms with Crippen molar-refractivity contribution < 1.29 is 9.59 Å². The van der Waals surface area contributed by atoms with Crippen LogP contribution in [0.2, 0.25) is 5.02 Å². The number of benzene rings is 2. The maximum absolute atomic E-state index is 13.7. The van der Waals surface area contributed by atoms with Gasteiger partial charge in [-0.15, -0.1) is 0 Å². The van der Waals surface area contributed by atoms with E-state index in [2.05, 4.69) is 9.97 Å². The number of piperidine rings is 1. The Balaban J connectivity index is 1.33. The van der Waals surface area contributed by atoms with Gasteiger partial charge in [0.05, 0.1) is 11.0 Å². The molecule has 0 bridgehead atoms. The molecule has 1 fully saturated rings. The Hall–Kier alpha value is -3.52. The van der Waals surface area contributed by atoms with Crippen molar-refractivity contribution in [1.29, 1.82) is 0 Å². The number of aromatic amines is 2. The zero-order valence-electron chi connectivity index (χ0n) is 20.2. The molecule has 2 aromatic heterocycles. The lowest BCUT2D eigenvalue weighted by Crippen LogP contribution is -2.44. The smallest absolute Gasteiger partial charge is 0.326 e. The fourth-order valence-electron chi connectivity index (χ4n) is 5.45. The lowest BCUT2D eigenvalue weighted by Gasteiger charge is -2.35. The second-order valence-corrected chi connectivity index (χ2v) is 10.3. The van der Waals surface area contributed by atoms with E-state index in [1.165, 1.54) is 0 Å². The highest BCUT2D eigenvalue weighted by Gasteiger charge is 2.32. The van der Waals surface area contributed by atoms with Crippen LogP contribution in [0.4, 0.5) is 0 Å². The monoisotopic (exact) mass is 507 g/mol. The molecule has 4 N–H and O–H groups in total. The highest BCUT2D eigenvalue weighted by atomic mass is 35.5. The molecule has 2 amide bonds. The average molecular weight is 508 g/mol. The van der Waals surface area contributed by atoms with Gasteiger partial charge in [0.25, 0.3) is 0 Å². The number of amides is 2. The summed E-state index contributed by atoms with van der Waals surface area (Å²) >= 11 is 6.08. The normalized spacial score (nSPS) is 16.4. The molecule has 0 radical (unpaired) electrons. The van der Waals surface area contributed by atoms with Crippen LogP contribution in [0.1, 0.15) is 37.8 Å². The Bertz CT molecular complexity index is 1480. The first-order valence-corrected chi connectivity index (χ1v) is 12.7. The van der Waals surface area contributed by atoms with Gasteiger partial charge in [-0.25, -0.2) is 4.79 Å². The summed E-state index contributed by atoms with van der Waals surface area (Å²) in [5.74, 6) is -1.13. The molecule has 2 aromatic carbocycles. The number of hydrogen-bond donors (Lipinski definition) is 3. The molecular weight excluding hydrogens is 478 g/mol. The summed E-state index contributed by atoms with van der Waals surface area (Å²) in [6, 6.07) is 13.4. The summed E-state index contributed by atoms with van der Waals surface area (Å²) in [7, 11) is 0. The summed E-state index contributed by atoms with van der Waals surface area (Å²) in [5.41, 5.74) is 9.00. The van der Waals surface area contributed by atoms with Crippen LogP contribution in [0.15, 0.2) is 53.5 Å². The summed E-state index contributed by atoms with van der Waals surface area (Å²) in [5, 5.41) is 1.65. The SMILES string of the molecule is CC(CC(Cc1c[nH]c2ccccc12)C(=O)N1CCC(n2c(=O)[nH]c3cc(Cl)ccc32)CC1)C(N)=O. The molecule has 36 heavy (non-hydrogen) atoms. The van der Waals surface area contributed by atoms with Crippen LogP contribution in [0, 0.1) is 11.8 Å². The van der Waals surface area contributed by atoms with E-state index in [-0.39, 0.29) is 23.6 Å².